The minimum Gasteiger partial charge on any atom is -0.378 e. The standard InChI is InChI=1S/C15H32N2OS/c1-5-6-14-11-15(12-16,8-9-18-14)17(3)13(2)7-10-19-4/h13-14H,5-12,16H2,1-4H3. The van der Waals surface area contributed by atoms with E-state index in [0.29, 0.717) is 12.1 Å². The maximum absolute atomic E-state index is 6.16. The van der Waals surface area contributed by atoms with Crippen molar-refractivity contribution in [3.63, 3.8) is 0 Å². The van der Waals surface area contributed by atoms with Gasteiger partial charge in [0.1, 0.15) is 0 Å². The summed E-state index contributed by atoms with van der Waals surface area (Å²) in [5, 5.41) is 0. The van der Waals surface area contributed by atoms with E-state index in [0.717, 1.165) is 32.4 Å². The minimum absolute atomic E-state index is 0.149. The van der Waals surface area contributed by atoms with Gasteiger partial charge < -0.3 is 10.5 Å². The van der Waals surface area contributed by atoms with E-state index in [2.05, 4.69) is 32.1 Å². The van der Waals surface area contributed by atoms with E-state index < -0.39 is 0 Å². The topological polar surface area (TPSA) is 38.5 Å². The second kappa shape index (κ2) is 8.50. The Hall–Kier alpha value is 0.230. The number of likely N-dealkylation sites (N-methyl/N-ethyl adjacent to an activating group) is 1. The van der Waals surface area contributed by atoms with E-state index in [1.165, 1.54) is 18.6 Å². The molecule has 2 N–H and O–H groups in total. The molecule has 1 heterocycles. The number of hydrogen-bond donors (Lipinski definition) is 1. The Labute approximate surface area is 123 Å². The van der Waals surface area contributed by atoms with Gasteiger partial charge in [0.2, 0.25) is 0 Å². The molecule has 1 saturated heterocycles. The number of nitrogens with two attached hydrogens (primary N) is 1. The third-order valence-corrected chi connectivity index (χ3v) is 5.31. The monoisotopic (exact) mass is 288 g/mol. The molecule has 3 atom stereocenters. The van der Waals surface area contributed by atoms with Crippen molar-refractivity contribution in [3.8, 4) is 0 Å². The third-order valence-electron chi connectivity index (χ3n) is 4.67. The van der Waals surface area contributed by atoms with Crippen molar-refractivity contribution in [3.05, 3.63) is 0 Å². The smallest absolute Gasteiger partial charge is 0.0593 e. The fourth-order valence-corrected chi connectivity index (χ4v) is 3.68. The molecule has 3 unspecified atom stereocenters. The van der Waals surface area contributed by atoms with Gasteiger partial charge in [0.25, 0.3) is 0 Å². The molecule has 19 heavy (non-hydrogen) atoms. The maximum Gasteiger partial charge on any atom is 0.0593 e. The number of nitrogens with zero attached hydrogens (tertiary/aromatic N) is 1. The SMILES string of the molecule is CCCC1CC(CN)(N(C)C(C)CCSC)CCO1. The van der Waals surface area contributed by atoms with Crippen LogP contribution in [0.25, 0.3) is 0 Å². The molecule has 0 saturated carbocycles. The number of thioether (sulfide) groups is 1. The van der Waals surface area contributed by atoms with E-state index in [9.17, 15) is 0 Å². The lowest BCUT2D eigenvalue weighted by atomic mass is 9.83. The lowest BCUT2D eigenvalue weighted by molar-refractivity contribution is -0.0761. The quantitative estimate of drug-likeness (QED) is 0.745. The molecule has 0 aliphatic carbocycles. The van der Waals surface area contributed by atoms with Crippen LogP contribution in [0.4, 0.5) is 0 Å². The molecule has 114 valence electrons. The number of rotatable bonds is 8. The summed E-state index contributed by atoms with van der Waals surface area (Å²) in [4.78, 5) is 2.54. The van der Waals surface area contributed by atoms with Crippen LogP contribution < -0.4 is 5.73 Å². The van der Waals surface area contributed by atoms with Crippen LogP contribution in [-0.2, 0) is 4.74 Å². The van der Waals surface area contributed by atoms with Crippen molar-refractivity contribution in [2.75, 3.05) is 32.2 Å². The van der Waals surface area contributed by atoms with Gasteiger partial charge in [-0.1, -0.05) is 13.3 Å². The normalized spacial score (nSPS) is 29.7. The van der Waals surface area contributed by atoms with Crippen LogP contribution in [0, 0.1) is 0 Å². The van der Waals surface area contributed by atoms with E-state index >= 15 is 0 Å². The number of hydrogen-bond acceptors (Lipinski definition) is 4. The molecule has 1 aliphatic rings. The molecule has 0 aromatic heterocycles. The molecule has 0 aromatic rings. The lowest BCUT2D eigenvalue weighted by Gasteiger charge is -2.49. The van der Waals surface area contributed by atoms with E-state index in [-0.39, 0.29) is 5.54 Å². The Balaban J connectivity index is 2.66. The zero-order chi connectivity index (χ0) is 14.3. The summed E-state index contributed by atoms with van der Waals surface area (Å²) in [5.74, 6) is 1.22. The Kier molecular flexibility index (Phi) is 7.73. The molecule has 0 bridgehead atoms. The van der Waals surface area contributed by atoms with Gasteiger partial charge in [-0.15, -0.1) is 0 Å². The summed E-state index contributed by atoms with van der Waals surface area (Å²) in [6.07, 6.45) is 8.33. The first-order chi connectivity index (χ1) is 9.09. The summed E-state index contributed by atoms with van der Waals surface area (Å²) < 4.78 is 5.90. The zero-order valence-corrected chi connectivity index (χ0v) is 14.0. The molecule has 0 radical (unpaired) electrons. The average Bonchev–Trinajstić information content (AvgIpc) is 2.44. The van der Waals surface area contributed by atoms with Crippen LogP contribution in [0.15, 0.2) is 0 Å². The highest BCUT2D eigenvalue weighted by Gasteiger charge is 2.40. The van der Waals surface area contributed by atoms with Crippen molar-refractivity contribution in [2.45, 2.75) is 63.6 Å². The first-order valence-electron chi connectivity index (χ1n) is 7.63. The molecule has 1 rings (SSSR count). The summed E-state index contributed by atoms with van der Waals surface area (Å²) in [6.45, 7) is 6.17. The third kappa shape index (κ3) is 4.62. The van der Waals surface area contributed by atoms with Crippen LogP contribution in [0.3, 0.4) is 0 Å². The Morgan fingerprint density at radius 3 is 2.84 bits per heavy atom. The van der Waals surface area contributed by atoms with Gasteiger partial charge >= 0.3 is 0 Å². The molecule has 0 spiro atoms. The molecule has 0 aromatic carbocycles. The van der Waals surface area contributed by atoms with Gasteiger partial charge in [-0.25, -0.2) is 0 Å². The number of ether oxygens (including phenoxy) is 1. The molecular formula is C15H32N2OS. The van der Waals surface area contributed by atoms with Gasteiger partial charge in [-0.2, -0.15) is 11.8 Å². The van der Waals surface area contributed by atoms with Gasteiger partial charge in [0.05, 0.1) is 6.10 Å². The van der Waals surface area contributed by atoms with Crippen molar-refractivity contribution >= 4 is 11.8 Å². The highest BCUT2D eigenvalue weighted by molar-refractivity contribution is 7.98. The summed E-state index contributed by atoms with van der Waals surface area (Å²) in [7, 11) is 2.26. The van der Waals surface area contributed by atoms with Gasteiger partial charge in [-0.3, -0.25) is 4.90 Å². The largest absolute Gasteiger partial charge is 0.378 e. The average molecular weight is 289 g/mol. The van der Waals surface area contributed by atoms with E-state index in [1.54, 1.807) is 0 Å². The van der Waals surface area contributed by atoms with Crippen molar-refractivity contribution in [2.24, 2.45) is 5.73 Å². The van der Waals surface area contributed by atoms with Gasteiger partial charge in [0.15, 0.2) is 0 Å². The van der Waals surface area contributed by atoms with Crippen LogP contribution in [0.5, 0.6) is 0 Å². The van der Waals surface area contributed by atoms with Crippen molar-refractivity contribution < 1.29 is 4.74 Å². The minimum atomic E-state index is 0.149. The summed E-state index contributed by atoms with van der Waals surface area (Å²) >= 11 is 1.93. The summed E-state index contributed by atoms with van der Waals surface area (Å²) in [6, 6.07) is 0.594. The molecular weight excluding hydrogens is 256 g/mol. The highest BCUT2D eigenvalue weighted by Crippen LogP contribution is 2.33. The second-order valence-electron chi connectivity index (χ2n) is 5.91. The predicted molar refractivity (Wildman–Crippen MR) is 85.9 cm³/mol. The summed E-state index contributed by atoms with van der Waals surface area (Å²) in [5.41, 5.74) is 6.31. The van der Waals surface area contributed by atoms with Gasteiger partial charge in [-0.05, 0) is 51.7 Å². The fraction of sp³-hybridized carbons (Fsp3) is 1.00. The van der Waals surface area contributed by atoms with Crippen LogP contribution in [0.2, 0.25) is 0 Å². The zero-order valence-electron chi connectivity index (χ0n) is 13.2. The predicted octanol–water partition coefficient (Wildman–Crippen LogP) is 2.74. The van der Waals surface area contributed by atoms with Crippen LogP contribution in [0.1, 0.15) is 46.0 Å². The van der Waals surface area contributed by atoms with Crippen molar-refractivity contribution in [1.29, 1.82) is 0 Å². The Morgan fingerprint density at radius 1 is 1.53 bits per heavy atom. The van der Waals surface area contributed by atoms with Crippen LogP contribution >= 0.6 is 11.8 Å². The Morgan fingerprint density at radius 2 is 2.26 bits per heavy atom. The molecule has 1 fully saturated rings. The maximum atomic E-state index is 6.16. The van der Waals surface area contributed by atoms with Crippen LogP contribution in [-0.4, -0.2) is 54.8 Å². The lowest BCUT2D eigenvalue weighted by Crippen LogP contribution is -2.59. The fourth-order valence-electron chi connectivity index (χ4n) is 3.11. The second-order valence-corrected chi connectivity index (χ2v) is 6.89. The van der Waals surface area contributed by atoms with E-state index in [1.807, 2.05) is 11.8 Å². The van der Waals surface area contributed by atoms with Gasteiger partial charge in [0, 0.05) is 24.7 Å². The molecule has 4 heteroatoms. The molecule has 1 aliphatic heterocycles. The highest BCUT2D eigenvalue weighted by atomic mass is 32.2. The first kappa shape index (κ1) is 17.3. The first-order valence-corrected chi connectivity index (χ1v) is 9.02. The molecule has 3 nitrogen and oxygen atoms in total. The Bertz CT molecular complexity index is 250. The molecule has 0 amide bonds. The van der Waals surface area contributed by atoms with E-state index in [4.69, 9.17) is 10.5 Å². The van der Waals surface area contributed by atoms with Crippen molar-refractivity contribution in [1.82, 2.24) is 4.90 Å².